The number of anilines is 1. The van der Waals surface area contributed by atoms with Crippen molar-refractivity contribution in [2.75, 3.05) is 19.1 Å². The number of fused-ring (bicyclic) bond motifs is 5. The predicted molar refractivity (Wildman–Crippen MR) is 166 cm³/mol. The molecule has 2 aliphatic heterocycles. The molecule has 3 aliphatic rings. The van der Waals surface area contributed by atoms with Gasteiger partial charge in [-0.15, -0.1) is 0 Å². The van der Waals surface area contributed by atoms with Gasteiger partial charge in [0.1, 0.15) is 23.0 Å². The third-order valence-electron chi connectivity index (χ3n) is 9.15. The molecule has 0 bridgehead atoms. The molecule has 4 aromatic carbocycles. The Hall–Kier alpha value is -4.68. The van der Waals surface area contributed by atoms with E-state index in [2.05, 4.69) is 0 Å². The third kappa shape index (κ3) is 3.76. The van der Waals surface area contributed by atoms with Crippen LogP contribution in [0.15, 0.2) is 91.0 Å². The lowest BCUT2D eigenvalue weighted by Gasteiger charge is -2.37. The van der Waals surface area contributed by atoms with Crippen molar-refractivity contribution in [2.45, 2.75) is 24.9 Å². The van der Waals surface area contributed by atoms with E-state index >= 15 is 0 Å². The molecule has 2 heterocycles. The molecule has 1 spiro atoms. The minimum Gasteiger partial charge on any atom is -0.497 e. The maximum absolute atomic E-state index is 14.8. The number of nitrogens with zero attached hydrogens (tertiary/aromatic N) is 1. The van der Waals surface area contributed by atoms with Crippen LogP contribution in [0.4, 0.5) is 5.69 Å². The Labute approximate surface area is 254 Å². The number of benzene rings is 4. The van der Waals surface area contributed by atoms with Crippen LogP contribution in [0.1, 0.15) is 53.7 Å². The van der Waals surface area contributed by atoms with Gasteiger partial charge < -0.3 is 14.4 Å². The second-order valence-electron chi connectivity index (χ2n) is 11.2. The molecule has 1 saturated heterocycles. The number of ether oxygens (including phenoxy) is 2. The molecular weight excluding hydrogens is 562 g/mol. The van der Waals surface area contributed by atoms with Crippen LogP contribution in [0.3, 0.4) is 0 Å². The standard InChI is InChI=1S/C36H28ClNO5/c1-20-8-10-21(11-9-20)33(39)32-31(27-15-14-24(42-2)19-29(27)43-3)36(34(40)25-6-4-5-7-26(25)35(36)41)30-17-12-22-18-23(37)13-16-28(22)38(30)32/h4-19,30-32H,1-3H3/t30-,31-,32+/m0/s1. The predicted octanol–water partition coefficient (Wildman–Crippen LogP) is 6.98. The number of Topliss-reactive ketones (excluding diaryl/α,β-unsaturated/α-hetero) is 3. The molecule has 1 fully saturated rings. The topological polar surface area (TPSA) is 72.9 Å². The molecule has 0 N–H and O–H groups in total. The summed E-state index contributed by atoms with van der Waals surface area (Å²) in [5, 5.41) is 0.547. The van der Waals surface area contributed by atoms with Gasteiger partial charge in [-0.25, -0.2) is 0 Å². The second kappa shape index (κ2) is 9.96. The van der Waals surface area contributed by atoms with Gasteiger partial charge in [-0.3, -0.25) is 14.4 Å². The highest BCUT2D eigenvalue weighted by Gasteiger charge is 2.72. The zero-order valence-corrected chi connectivity index (χ0v) is 24.6. The Bertz CT molecular complexity index is 1830. The van der Waals surface area contributed by atoms with Gasteiger partial charge in [0.15, 0.2) is 17.3 Å². The number of hydrogen-bond donors (Lipinski definition) is 0. The number of rotatable bonds is 5. The van der Waals surface area contributed by atoms with Crippen LogP contribution < -0.4 is 14.4 Å². The van der Waals surface area contributed by atoms with E-state index in [0.29, 0.717) is 38.8 Å². The first-order chi connectivity index (χ1) is 20.8. The van der Waals surface area contributed by atoms with Gasteiger partial charge in [-0.2, -0.15) is 0 Å². The lowest BCUT2D eigenvalue weighted by Crippen LogP contribution is -2.48. The molecule has 7 heteroatoms. The molecule has 1 aliphatic carbocycles. The molecule has 0 unspecified atom stereocenters. The molecule has 214 valence electrons. The van der Waals surface area contributed by atoms with Crippen LogP contribution in [-0.4, -0.2) is 43.7 Å². The Kier molecular flexibility index (Phi) is 6.29. The van der Waals surface area contributed by atoms with E-state index in [0.717, 1.165) is 16.8 Å². The van der Waals surface area contributed by atoms with E-state index in [-0.39, 0.29) is 17.3 Å². The van der Waals surface area contributed by atoms with Gasteiger partial charge >= 0.3 is 0 Å². The Morgan fingerprint density at radius 1 is 0.860 bits per heavy atom. The Balaban J connectivity index is 1.57. The first-order valence-electron chi connectivity index (χ1n) is 14.1. The maximum atomic E-state index is 14.8. The smallest absolute Gasteiger partial charge is 0.185 e. The number of hydrogen-bond acceptors (Lipinski definition) is 6. The van der Waals surface area contributed by atoms with Crippen molar-refractivity contribution in [3.8, 4) is 11.5 Å². The SMILES string of the molecule is COc1ccc([C@H]2[C@H](C(=O)c3ccc(C)cc3)N3c4ccc(Cl)cc4C=C[C@H]3C23C(=O)c2ccccc2C3=O)c(OC)c1. The highest BCUT2D eigenvalue weighted by molar-refractivity contribution is 6.33. The molecule has 0 amide bonds. The summed E-state index contributed by atoms with van der Waals surface area (Å²) >= 11 is 6.39. The van der Waals surface area contributed by atoms with E-state index in [1.54, 1.807) is 61.7 Å². The quantitative estimate of drug-likeness (QED) is 0.185. The van der Waals surface area contributed by atoms with Crippen molar-refractivity contribution in [3.05, 3.63) is 129 Å². The maximum Gasteiger partial charge on any atom is 0.185 e. The molecule has 0 saturated carbocycles. The highest BCUT2D eigenvalue weighted by atomic mass is 35.5. The van der Waals surface area contributed by atoms with E-state index < -0.39 is 23.4 Å². The Morgan fingerprint density at radius 2 is 1.56 bits per heavy atom. The van der Waals surface area contributed by atoms with Gasteiger partial charge in [0.25, 0.3) is 0 Å². The molecular formula is C36H28ClNO5. The van der Waals surface area contributed by atoms with Crippen LogP contribution in [0.5, 0.6) is 11.5 Å². The lowest BCUT2D eigenvalue weighted by atomic mass is 9.64. The number of ketones is 3. The van der Waals surface area contributed by atoms with Crippen molar-refractivity contribution < 1.29 is 23.9 Å². The minimum atomic E-state index is -1.63. The molecule has 0 radical (unpaired) electrons. The molecule has 7 rings (SSSR count). The van der Waals surface area contributed by atoms with Crippen molar-refractivity contribution in [1.82, 2.24) is 0 Å². The van der Waals surface area contributed by atoms with Crippen molar-refractivity contribution in [1.29, 1.82) is 0 Å². The summed E-state index contributed by atoms with van der Waals surface area (Å²) in [7, 11) is 3.09. The second-order valence-corrected chi connectivity index (χ2v) is 11.7. The fourth-order valence-corrected chi connectivity index (χ4v) is 7.44. The number of carbonyl (C=O) groups is 3. The molecule has 4 aromatic rings. The monoisotopic (exact) mass is 589 g/mol. The number of methoxy groups -OCH3 is 2. The fourth-order valence-electron chi connectivity index (χ4n) is 7.26. The summed E-state index contributed by atoms with van der Waals surface area (Å²) in [6.07, 6.45) is 3.78. The summed E-state index contributed by atoms with van der Waals surface area (Å²) in [6, 6.07) is 23.4. The molecule has 43 heavy (non-hydrogen) atoms. The average molecular weight is 590 g/mol. The molecule has 3 atom stereocenters. The van der Waals surface area contributed by atoms with Crippen LogP contribution in [0.25, 0.3) is 6.08 Å². The zero-order valence-electron chi connectivity index (χ0n) is 23.8. The van der Waals surface area contributed by atoms with Crippen molar-refractivity contribution in [2.24, 2.45) is 5.41 Å². The van der Waals surface area contributed by atoms with Gasteiger partial charge in [0, 0.05) is 44.9 Å². The van der Waals surface area contributed by atoms with E-state index in [9.17, 15) is 14.4 Å². The van der Waals surface area contributed by atoms with Gasteiger partial charge in [-0.1, -0.05) is 83.9 Å². The summed E-state index contributed by atoms with van der Waals surface area (Å²) < 4.78 is 11.3. The first-order valence-corrected chi connectivity index (χ1v) is 14.5. The number of carbonyl (C=O) groups excluding carboxylic acids is 3. The summed E-state index contributed by atoms with van der Waals surface area (Å²) in [5.74, 6) is -0.705. The van der Waals surface area contributed by atoms with Crippen LogP contribution in [-0.2, 0) is 0 Å². The van der Waals surface area contributed by atoms with Crippen LogP contribution >= 0.6 is 11.6 Å². The first kappa shape index (κ1) is 27.2. The summed E-state index contributed by atoms with van der Waals surface area (Å²) in [5.41, 5.74) is 2.72. The van der Waals surface area contributed by atoms with Crippen molar-refractivity contribution >= 4 is 40.7 Å². The minimum absolute atomic E-state index is 0.197. The summed E-state index contributed by atoms with van der Waals surface area (Å²) in [4.78, 5) is 46.5. The summed E-state index contributed by atoms with van der Waals surface area (Å²) in [6.45, 7) is 1.96. The van der Waals surface area contributed by atoms with Gasteiger partial charge in [-0.05, 0) is 36.8 Å². The molecule has 6 nitrogen and oxygen atoms in total. The zero-order chi connectivity index (χ0) is 30.0. The van der Waals surface area contributed by atoms with Crippen molar-refractivity contribution in [3.63, 3.8) is 0 Å². The van der Waals surface area contributed by atoms with E-state index in [4.69, 9.17) is 21.1 Å². The fraction of sp³-hybridized carbons (Fsp3) is 0.194. The van der Waals surface area contributed by atoms with E-state index in [1.807, 2.05) is 54.3 Å². The average Bonchev–Trinajstić information content (AvgIpc) is 3.46. The number of aryl methyl sites for hydroxylation is 1. The van der Waals surface area contributed by atoms with Crippen LogP contribution in [0, 0.1) is 12.3 Å². The Morgan fingerprint density at radius 3 is 2.21 bits per heavy atom. The molecule has 0 aromatic heterocycles. The van der Waals surface area contributed by atoms with Gasteiger partial charge in [0.2, 0.25) is 0 Å². The number of halogens is 1. The lowest BCUT2D eigenvalue weighted by molar-refractivity contribution is 0.0665. The van der Waals surface area contributed by atoms with Crippen LogP contribution in [0.2, 0.25) is 5.02 Å². The normalized spacial score (nSPS) is 21.0. The van der Waals surface area contributed by atoms with Gasteiger partial charge in [0.05, 0.1) is 20.3 Å². The van der Waals surface area contributed by atoms with E-state index in [1.165, 1.54) is 7.11 Å². The highest BCUT2D eigenvalue weighted by Crippen LogP contribution is 2.62. The largest absolute Gasteiger partial charge is 0.497 e. The third-order valence-corrected chi connectivity index (χ3v) is 9.38.